The van der Waals surface area contributed by atoms with E-state index >= 15 is 0 Å². The highest BCUT2D eigenvalue weighted by molar-refractivity contribution is 6.33. The van der Waals surface area contributed by atoms with Gasteiger partial charge in [-0.1, -0.05) is 23.2 Å². The maximum atomic E-state index is 10.9. The van der Waals surface area contributed by atoms with Crippen LogP contribution in [0.5, 0.6) is 0 Å². The third kappa shape index (κ3) is 4.24. The lowest BCUT2D eigenvalue weighted by Crippen LogP contribution is -2.15. The van der Waals surface area contributed by atoms with Crippen LogP contribution in [0.15, 0.2) is 18.2 Å². The number of halogens is 2. The second-order valence-corrected chi connectivity index (χ2v) is 4.06. The molecule has 0 amide bonds. The van der Waals surface area contributed by atoms with E-state index in [-0.39, 0.29) is 0 Å². The first-order valence-corrected chi connectivity index (χ1v) is 5.45. The van der Waals surface area contributed by atoms with Crippen LogP contribution in [-0.2, 0) is 19.1 Å². The van der Waals surface area contributed by atoms with Gasteiger partial charge in [-0.2, -0.15) is 0 Å². The van der Waals surface area contributed by atoms with Crippen molar-refractivity contribution in [2.75, 3.05) is 0 Å². The number of carbonyl (C=O) groups excluding carboxylic acids is 2. The summed E-state index contributed by atoms with van der Waals surface area (Å²) < 4.78 is 9.72. The molecule has 0 N–H and O–H groups in total. The maximum Gasteiger partial charge on any atom is 0.305 e. The van der Waals surface area contributed by atoms with Crippen molar-refractivity contribution in [1.29, 1.82) is 0 Å². The second-order valence-electron chi connectivity index (χ2n) is 3.22. The smallest absolute Gasteiger partial charge is 0.305 e. The van der Waals surface area contributed by atoms with E-state index in [1.54, 1.807) is 6.07 Å². The summed E-state index contributed by atoms with van der Waals surface area (Å²) in [5, 5.41) is 0.690. The molecule has 0 aliphatic heterocycles. The molecule has 6 heteroatoms. The minimum Gasteiger partial charge on any atom is -0.421 e. The number of ether oxygens (including phenoxy) is 2. The fourth-order valence-electron chi connectivity index (χ4n) is 1.15. The Labute approximate surface area is 108 Å². The van der Waals surface area contributed by atoms with Crippen LogP contribution in [0.1, 0.15) is 25.7 Å². The minimum atomic E-state index is -1.18. The Bertz CT molecular complexity index is 429. The molecule has 0 aromatic heterocycles. The quantitative estimate of drug-likeness (QED) is 0.629. The minimum absolute atomic E-state index is 0.293. The molecule has 17 heavy (non-hydrogen) atoms. The van der Waals surface area contributed by atoms with Crippen LogP contribution in [0.3, 0.4) is 0 Å². The first-order valence-electron chi connectivity index (χ1n) is 4.69. The number of carbonyl (C=O) groups is 2. The van der Waals surface area contributed by atoms with Gasteiger partial charge in [0.25, 0.3) is 6.29 Å². The van der Waals surface area contributed by atoms with Crippen LogP contribution >= 0.6 is 23.2 Å². The van der Waals surface area contributed by atoms with Crippen LogP contribution in [0.25, 0.3) is 0 Å². The molecule has 0 bridgehead atoms. The van der Waals surface area contributed by atoms with Crippen LogP contribution in [0.4, 0.5) is 0 Å². The predicted molar refractivity (Wildman–Crippen MR) is 62.7 cm³/mol. The first kappa shape index (κ1) is 13.8. The van der Waals surface area contributed by atoms with Crippen molar-refractivity contribution >= 4 is 35.1 Å². The Balaban J connectivity index is 3.06. The van der Waals surface area contributed by atoms with Crippen molar-refractivity contribution in [2.45, 2.75) is 20.1 Å². The third-order valence-electron chi connectivity index (χ3n) is 1.76. The molecule has 0 saturated carbocycles. The molecule has 4 nitrogen and oxygen atoms in total. The fraction of sp³-hybridized carbons (Fsp3) is 0.273. The number of rotatable bonds is 3. The molecule has 0 fully saturated rings. The summed E-state index contributed by atoms with van der Waals surface area (Å²) >= 11 is 11.7. The van der Waals surface area contributed by atoms with Crippen molar-refractivity contribution in [3.8, 4) is 0 Å². The van der Waals surface area contributed by atoms with Crippen molar-refractivity contribution in [1.82, 2.24) is 0 Å². The van der Waals surface area contributed by atoms with E-state index in [9.17, 15) is 9.59 Å². The zero-order chi connectivity index (χ0) is 13.0. The van der Waals surface area contributed by atoms with Gasteiger partial charge in [-0.15, -0.1) is 0 Å². The highest BCUT2D eigenvalue weighted by atomic mass is 35.5. The second kappa shape index (κ2) is 5.89. The molecule has 0 aliphatic rings. The van der Waals surface area contributed by atoms with E-state index in [1.165, 1.54) is 26.0 Å². The summed E-state index contributed by atoms with van der Waals surface area (Å²) in [6.07, 6.45) is -1.18. The number of benzene rings is 1. The SMILES string of the molecule is CC(=O)OC(OC(C)=O)c1cc(Cl)ccc1Cl. The normalized spacial score (nSPS) is 10.2. The molecular formula is C11H10Cl2O4. The van der Waals surface area contributed by atoms with Gasteiger partial charge in [0.2, 0.25) is 0 Å². The molecule has 1 rings (SSSR count). The van der Waals surface area contributed by atoms with Crippen molar-refractivity contribution in [3.63, 3.8) is 0 Å². The zero-order valence-corrected chi connectivity index (χ0v) is 10.7. The molecule has 0 atom stereocenters. The lowest BCUT2D eigenvalue weighted by atomic mass is 10.2. The van der Waals surface area contributed by atoms with Gasteiger partial charge >= 0.3 is 11.9 Å². The number of esters is 2. The average molecular weight is 277 g/mol. The summed E-state index contributed by atoms with van der Waals surface area (Å²) in [7, 11) is 0. The Morgan fingerprint density at radius 3 is 2.12 bits per heavy atom. The molecular weight excluding hydrogens is 267 g/mol. The molecule has 0 saturated heterocycles. The van der Waals surface area contributed by atoms with Gasteiger partial charge < -0.3 is 9.47 Å². The Hall–Kier alpha value is -1.26. The van der Waals surface area contributed by atoms with E-state index in [0.29, 0.717) is 15.6 Å². The molecule has 92 valence electrons. The topological polar surface area (TPSA) is 52.6 Å². The van der Waals surface area contributed by atoms with Crippen LogP contribution < -0.4 is 0 Å². The van der Waals surface area contributed by atoms with Gasteiger partial charge in [0.05, 0.1) is 10.6 Å². The van der Waals surface area contributed by atoms with E-state index in [4.69, 9.17) is 32.7 Å². The molecule has 1 aromatic rings. The monoisotopic (exact) mass is 276 g/mol. The Morgan fingerprint density at radius 1 is 1.12 bits per heavy atom. The largest absolute Gasteiger partial charge is 0.421 e. The van der Waals surface area contributed by atoms with Gasteiger partial charge in [0.15, 0.2) is 0 Å². The van der Waals surface area contributed by atoms with E-state index in [1.807, 2.05) is 0 Å². The highest BCUT2D eigenvalue weighted by Crippen LogP contribution is 2.29. The molecule has 0 radical (unpaired) electrons. The summed E-state index contributed by atoms with van der Waals surface area (Å²) in [4.78, 5) is 21.8. The predicted octanol–water partition coefficient (Wildman–Crippen LogP) is 3.12. The van der Waals surface area contributed by atoms with Gasteiger partial charge in [-0.3, -0.25) is 9.59 Å². The van der Waals surface area contributed by atoms with Gasteiger partial charge in [-0.05, 0) is 18.2 Å². The first-order chi connectivity index (χ1) is 7.90. The highest BCUT2D eigenvalue weighted by Gasteiger charge is 2.21. The molecule has 1 aromatic carbocycles. The zero-order valence-electron chi connectivity index (χ0n) is 9.20. The molecule has 0 heterocycles. The van der Waals surface area contributed by atoms with Gasteiger partial charge in [0, 0.05) is 18.9 Å². The van der Waals surface area contributed by atoms with Crippen LogP contribution in [0, 0.1) is 0 Å². The standard InChI is InChI=1S/C11H10Cl2O4/c1-6(14)16-11(17-7(2)15)9-5-8(12)3-4-10(9)13/h3-5,11H,1-2H3. The maximum absolute atomic E-state index is 10.9. The summed E-state index contributed by atoms with van der Waals surface area (Å²) in [5.74, 6) is -1.18. The fourth-order valence-corrected chi connectivity index (χ4v) is 1.53. The Kier molecular flexibility index (Phi) is 4.78. The van der Waals surface area contributed by atoms with Gasteiger partial charge in [0.1, 0.15) is 0 Å². The lowest BCUT2D eigenvalue weighted by molar-refractivity contribution is -0.186. The summed E-state index contributed by atoms with van der Waals surface area (Å²) in [6, 6.07) is 4.58. The van der Waals surface area contributed by atoms with Crippen molar-refractivity contribution in [3.05, 3.63) is 33.8 Å². The van der Waals surface area contributed by atoms with E-state index in [2.05, 4.69) is 0 Å². The van der Waals surface area contributed by atoms with Crippen molar-refractivity contribution < 1.29 is 19.1 Å². The van der Waals surface area contributed by atoms with Crippen LogP contribution in [-0.4, -0.2) is 11.9 Å². The summed E-state index contributed by atoms with van der Waals surface area (Å²) in [5.41, 5.74) is 0.324. The summed E-state index contributed by atoms with van der Waals surface area (Å²) in [6.45, 7) is 2.41. The van der Waals surface area contributed by atoms with Crippen molar-refractivity contribution in [2.24, 2.45) is 0 Å². The lowest BCUT2D eigenvalue weighted by Gasteiger charge is -2.18. The van der Waals surface area contributed by atoms with E-state index in [0.717, 1.165) is 0 Å². The van der Waals surface area contributed by atoms with E-state index < -0.39 is 18.2 Å². The Morgan fingerprint density at radius 2 is 1.65 bits per heavy atom. The number of hydrogen-bond donors (Lipinski definition) is 0. The third-order valence-corrected chi connectivity index (χ3v) is 2.34. The molecule has 0 aliphatic carbocycles. The molecule has 0 unspecified atom stereocenters. The molecule has 0 spiro atoms. The average Bonchev–Trinajstić information content (AvgIpc) is 2.19. The van der Waals surface area contributed by atoms with Gasteiger partial charge in [-0.25, -0.2) is 0 Å². The van der Waals surface area contributed by atoms with Crippen LogP contribution in [0.2, 0.25) is 10.0 Å². The number of hydrogen-bond acceptors (Lipinski definition) is 4.